The first-order valence-corrected chi connectivity index (χ1v) is 6.29. The van der Waals surface area contributed by atoms with Gasteiger partial charge in [0.1, 0.15) is 0 Å². The third-order valence-electron chi connectivity index (χ3n) is 4.52. The van der Waals surface area contributed by atoms with Gasteiger partial charge in [0, 0.05) is 17.6 Å². The van der Waals surface area contributed by atoms with Crippen LogP contribution in [-0.2, 0) is 10.2 Å². The Balaban J connectivity index is 2.27. The molecule has 1 fully saturated rings. The topological polar surface area (TPSA) is 32.3 Å². The van der Waals surface area contributed by atoms with Crippen molar-refractivity contribution in [1.29, 1.82) is 0 Å². The Bertz CT molecular complexity index is 535. The van der Waals surface area contributed by atoms with Gasteiger partial charge >= 0.3 is 0 Å². The Morgan fingerprint density at radius 2 is 2.11 bits per heavy atom. The van der Waals surface area contributed by atoms with Crippen LogP contribution in [0.4, 0.5) is 5.69 Å². The summed E-state index contributed by atoms with van der Waals surface area (Å²) in [7, 11) is 0. The van der Waals surface area contributed by atoms with Crippen molar-refractivity contribution in [2.75, 3.05) is 18.0 Å². The zero-order chi connectivity index (χ0) is 13.0. The highest BCUT2D eigenvalue weighted by atomic mass is 16.2. The quantitative estimate of drug-likeness (QED) is 0.762. The molecular formula is C15H18N2O. The molecule has 1 aromatic rings. The fourth-order valence-corrected chi connectivity index (χ4v) is 3.27. The van der Waals surface area contributed by atoms with Crippen molar-refractivity contribution >= 4 is 11.6 Å². The lowest BCUT2D eigenvalue weighted by Crippen LogP contribution is -2.72. The van der Waals surface area contributed by atoms with Crippen LogP contribution in [0.25, 0.3) is 0 Å². The highest BCUT2D eigenvalue weighted by Gasteiger charge is 2.53. The largest absolute Gasteiger partial charge is 0.359 e. The van der Waals surface area contributed by atoms with Crippen molar-refractivity contribution < 1.29 is 4.79 Å². The summed E-state index contributed by atoms with van der Waals surface area (Å²) in [5.74, 6) is 0.0729. The van der Waals surface area contributed by atoms with Crippen LogP contribution in [0, 0.1) is 0 Å². The molecule has 1 saturated heterocycles. The van der Waals surface area contributed by atoms with Crippen LogP contribution in [0.15, 0.2) is 36.9 Å². The highest BCUT2D eigenvalue weighted by molar-refractivity contribution is 5.86. The van der Waals surface area contributed by atoms with E-state index in [-0.39, 0.29) is 16.9 Å². The van der Waals surface area contributed by atoms with E-state index in [4.69, 9.17) is 0 Å². The third kappa shape index (κ3) is 1.22. The molecule has 2 aliphatic heterocycles. The van der Waals surface area contributed by atoms with Crippen molar-refractivity contribution in [3.8, 4) is 0 Å². The van der Waals surface area contributed by atoms with E-state index in [0.717, 1.165) is 6.54 Å². The van der Waals surface area contributed by atoms with E-state index < -0.39 is 0 Å². The molecule has 18 heavy (non-hydrogen) atoms. The second kappa shape index (κ2) is 3.37. The second-order valence-corrected chi connectivity index (χ2v) is 5.72. The minimum atomic E-state index is -0.378. The van der Waals surface area contributed by atoms with Crippen LogP contribution < -0.4 is 10.2 Å². The molecule has 1 N–H and O–H groups in total. The van der Waals surface area contributed by atoms with Crippen LogP contribution in [0.1, 0.15) is 19.4 Å². The van der Waals surface area contributed by atoms with Crippen LogP contribution in [0.3, 0.4) is 0 Å². The number of hydrogen-bond donors (Lipinski definition) is 1. The molecule has 3 rings (SSSR count). The molecule has 3 nitrogen and oxygen atoms in total. The summed E-state index contributed by atoms with van der Waals surface area (Å²) in [6.07, 6.45) is 1.90. The Morgan fingerprint density at radius 3 is 2.83 bits per heavy atom. The summed E-state index contributed by atoms with van der Waals surface area (Å²) in [6, 6.07) is 8.34. The van der Waals surface area contributed by atoms with Gasteiger partial charge in [-0.15, -0.1) is 6.58 Å². The number of nitrogens with one attached hydrogen (secondary N) is 1. The molecule has 0 saturated carbocycles. The molecule has 0 aliphatic carbocycles. The van der Waals surface area contributed by atoms with Crippen molar-refractivity contribution in [2.45, 2.75) is 24.8 Å². The molecule has 94 valence electrons. The molecule has 2 aliphatic rings. The lowest BCUT2D eigenvalue weighted by atomic mass is 9.63. The maximum Gasteiger partial charge on any atom is 0.240 e. The number of anilines is 1. The first-order chi connectivity index (χ1) is 8.50. The van der Waals surface area contributed by atoms with Crippen LogP contribution in [-0.4, -0.2) is 24.5 Å². The molecular weight excluding hydrogens is 224 g/mol. The summed E-state index contributed by atoms with van der Waals surface area (Å²) >= 11 is 0. The minimum Gasteiger partial charge on any atom is -0.359 e. The summed E-state index contributed by atoms with van der Waals surface area (Å²) in [5.41, 5.74) is 1.92. The predicted octanol–water partition coefficient (Wildman–Crippen LogP) is 1.84. The smallest absolute Gasteiger partial charge is 0.240 e. The predicted molar refractivity (Wildman–Crippen MR) is 72.8 cm³/mol. The normalized spacial score (nSPS) is 28.3. The highest BCUT2D eigenvalue weighted by Crippen LogP contribution is 2.46. The van der Waals surface area contributed by atoms with Gasteiger partial charge in [-0.1, -0.05) is 38.1 Å². The van der Waals surface area contributed by atoms with E-state index >= 15 is 0 Å². The number of benzene rings is 1. The Morgan fingerprint density at radius 1 is 1.39 bits per heavy atom. The Hall–Kier alpha value is -1.77. The molecule has 0 radical (unpaired) electrons. The molecule has 3 heteroatoms. The van der Waals surface area contributed by atoms with Gasteiger partial charge in [-0.25, -0.2) is 0 Å². The molecule has 0 aromatic heterocycles. The summed E-state index contributed by atoms with van der Waals surface area (Å²) in [4.78, 5) is 14.1. The molecule has 1 atom stereocenters. The number of piperazine rings is 1. The summed E-state index contributed by atoms with van der Waals surface area (Å²) < 4.78 is 0. The standard InChI is InChI=1S/C15H18N2O/c1-4-15-10-17(9-13(18)16-15)12-8-6-5-7-11(12)14(15,2)3/h4-8H,1,9-10H2,2-3H3,(H,16,18). The van der Waals surface area contributed by atoms with Gasteiger partial charge in [0.05, 0.1) is 12.1 Å². The van der Waals surface area contributed by atoms with E-state index in [1.807, 2.05) is 12.1 Å². The second-order valence-electron chi connectivity index (χ2n) is 5.72. The molecule has 1 aromatic carbocycles. The number of hydrogen-bond acceptors (Lipinski definition) is 2. The number of carbonyl (C=O) groups excluding carboxylic acids is 1. The van der Waals surface area contributed by atoms with E-state index in [2.05, 4.69) is 48.8 Å². The maximum atomic E-state index is 11.9. The first-order valence-electron chi connectivity index (χ1n) is 6.29. The number of para-hydroxylation sites is 1. The molecule has 0 spiro atoms. The van der Waals surface area contributed by atoms with Crippen molar-refractivity contribution in [3.63, 3.8) is 0 Å². The van der Waals surface area contributed by atoms with Crippen molar-refractivity contribution in [2.24, 2.45) is 0 Å². The van der Waals surface area contributed by atoms with E-state index in [1.54, 1.807) is 0 Å². The number of amides is 1. The van der Waals surface area contributed by atoms with E-state index in [9.17, 15) is 4.79 Å². The van der Waals surface area contributed by atoms with Crippen LogP contribution in [0.5, 0.6) is 0 Å². The molecule has 1 unspecified atom stereocenters. The van der Waals surface area contributed by atoms with Gasteiger partial charge in [-0.05, 0) is 11.6 Å². The van der Waals surface area contributed by atoms with Crippen molar-refractivity contribution in [3.05, 3.63) is 42.5 Å². The number of nitrogens with zero attached hydrogens (tertiary/aromatic N) is 1. The van der Waals surface area contributed by atoms with Gasteiger partial charge in [0.2, 0.25) is 5.91 Å². The van der Waals surface area contributed by atoms with Gasteiger partial charge in [0.15, 0.2) is 0 Å². The zero-order valence-electron chi connectivity index (χ0n) is 10.9. The molecule has 2 bridgehead atoms. The van der Waals surface area contributed by atoms with Crippen molar-refractivity contribution in [1.82, 2.24) is 5.32 Å². The first kappa shape index (κ1) is 11.3. The lowest BCUT2D eigenvalue weighted by molar-refractivity contribution is -0.123. The number of rotatable bonds is 1. The van der Waals surface area contributed by atoms with Gasteiger partial charge in [0.25, 0.3) is 0 Å². The maximum absolute atomic E-state index is 11.9. The minimum absolute atomic E-state index is 0.0729. The van der Waals surface area contributed by atoms with E-state index in [0.29, 0.717) is 6.54 Å². The Labute approximate surface area is 107 Å². The van der Waals surface area contributed by atoms with Gasteiger partial charge in [-0.3, -0.25) is 4.79 Å². The van der Waals surface area contributed by atoms with Crippen LogP contribution >= 0.6 is 0 Å². The van der Waals surface area contributed by atoms with Gasteiger partial charge < -0.3 is 10.2 Å². The van der Waals surface area contributed by atoms with Gasteiger partial charge in [-0.2, -0.15) is 0 Å². The molecule has 1 amide bonds. The summed E-state index contributed by atoms with van der Waals surface area (Å²) in [5, 5.41) is 3.14. The SMILES string of the molecule is C=CC12CN(CC(=O)N1)c1ccccc1C2(C)C. The fourth-order valence-electron chi connectivity index (χ4n) is 3.27. The zero-order valence-corrected chi connectivity index (χ0v) is 10.9. The lowest BCUT2D eigenvalue weighted by Gasteiger charge is -2.56. The average Bonchev–Trinajstić information content (AvgIpc) is 2.36. The third-order valence-corrected chi connectivity index (χ3v) is 4.52. The Kier molecular flexibility index (Phi) is 2.12. The molecule has 2 heterocycles. The van der Waals surface area contributed by atoms with E-state index in [1.165, 1.54) is 11.3 Å². The monoisotopic (exact) mass is 242 g/mol. The average molecular weight is 242 g/mol. The number of carbonyl (C=O) groups is 1. The summed E-state index contributed by atoms with van der Waals surface area (Å²) in [6.45, 7) is 9.54. The number of fused-ring (bicyclic) bond motifs is 4. The fraction of sp³-hybridized carbons (Fsp3) is 0.400. The van der Waals surface area contributed by atoms with Crippen LogP contribution in [0.2, 0.25) is 0 Å².